The van der Waals surface area contributed by atoms with Crippen molar-refractivity contribution in [3.05, 3.63) is 24.2 Å². The molecule has 1 aliphatic carbocycles. The Morgan fingerprint density at radius 1 is 1.27 bits per heavy atom. The topological polar surface area (TPSA) is 119 Å². The molecule has 162 valence electrons. The molecule has 1 saturated carbocycles. The van der Waals surface area contributed by atoms with E-state index in [1.54, 1.807) is 4.52 Å². The Bertz CT molecular complexity index is 973. The summed E-state index contributed by atoms with van der Waals surface area (Å²) in [5.41, 5.74) is 6.48. The van der Waals surface area contributed by atoms with Gasteiger partial charge < -0.3 is 29.4 Å². The Balaban J connectivity index is 1.40. The van der Waals surface area contributed by atoms with Crippen molar-refractivity contribution in [2.75, 3.05) is 12.3 Å². The van der Waals surface area contributed by atoms with Crippen LogP contribution in [0, 0.1) is 0 Å². The van der Waals surface area contributed by atoms with Crippen LogP contribution < -0.4 is 5.73 Å². The maximum Gasteiger partial charge on any atom is 0.508 e. The van der Waals surface area contributed by atoms with Crippen LogP contribution in [0.1, 0.15) is 51.8 Å². The Labute approximate surface area is 173 Å². The van der Waals surface area contributed by atoms with Gasteiger partial charge in [0.15, 0.2) is 11.6 Å². The van der Waals surface area contributed by atoms with E-state index in [1.807, 2.05) is 32.9 Å². The molecule has 2 aliphatic heterocycles. The van der Waals surface area contributed by atoms with Crippen LogP contribution in [0.2, 0.25) is 0 Å². The predicted octanol–water partition coefficient (Wildman–Crippen LogP) is 2.37. The molecule has 3 aliphatic rings. The van der Waals surface area contributed by atoms with Gasteiger partial charge in [-0.1, -0.05) is 0 Å². The number of nitrogens with zero attached hydrogens (tertiary/aromatic N) is 3. The van der Waals surface area contributed by atoms with E-state index in [9.17, 15) is 4.79 Å². The second kappa shape index (κ2) is 6.79. The lowest BCUT2D eigenvalue weighted by molar-refractivity contribution is -0.214. The molecule has 2 aromatic rings. The minimum atomic E-state index is -0.926. The van der Waals surface area contributed by atoms with Gasteiger partial charge in [-0.2, -0.15) is 5.10 Å². The molecule has 0 aromatic carbocycles. The fraction of sp³-hybridized carbons (Fsp3) is 0.650. The highest BCUT2D eigenvalue weighted by molar-refractivity contribution is 5.65. The molecule has 30 heavy (non-hydrogen) atoms. The summed E-state index contributed by atoms with van der Waals surface area (Å²) in [7, 11) is 0. The van der Waals surface area contributed by atoms with Gasteiger partial charge in [0.2, 0.25) is 0 Å². The molecule has 0 unspecified atom stereocenters. The van der Waals surface area contributed by atoms with Crippen LogP contribution in [-0.2, 0) is 23.7 Å². The summed E-state index contributed by atoms with van der Waals surface area (Å²) >= 11 is 0. The van der Waals surface area contributed by atoms with E-state index >= 15 is 0 Å². The lowest BCUT2D eigenvalue weighted by atomic mass is 9.96. The van der Waals surface area contributed by atoms with E-state index in [-0.39, 0.29) is 12.7 Å². The van der Waals surface area contributed by atoms with Gasteiger partial charge in [0.25, 0.3) is 0 Å². The van der Waals surface area contributed by atoms with Crippen LogP contribution >= 0.6 is 0 Å². The Hall–Kier alpha value is -2.43. The molecule has 10 nitrogen and oxygen atoms in total. The maximum absolute atomic E-state index is 12.1. The molecule has 2 saturated heterocycles. The number of carbonyl (C=O) groups excluding carboxylic acids is 1. The molecule has 5 rings (SSSR count). The maximum atomic E-state index is 12.1. The fourth-order valence-corrected chi connectivity index (χ4v) is 4.30. The van der Waals surface area contributed by atoms with Gasteiger partial charge in [-0.3, -0.25) is 0 Å². The first kappa shape index (κ1) is 19.5. The molecular weight excluding hydrogens is 392 g/mol. The van der Waals surface area contributed by atoms with E-state index in [2.05, 4.69) is 10.1 Å². The first-order valence-electron chi connectivity index (χ1n) is 10.2. The van der Waals surface area contributed by atoms with Crippen LogP contribution in [0.15, 0.2) is 18.5 Å². The monoisotopic (exact) mass is 418 g/mol. The first-order valence-corrected chi connectivity index (χ1v) is 10.2. The summed E-state index contributed by atoms with van der Waals surface area (Å²) in [6, 6.07) is 3.72. The first-order chi connectivity index (χ1) is 14.3. The van der Waals surface area contributed by atoms with Gasteiger partial charge in [-0.25, -0.2) is 14.3 Å². The SMILES string of the molecule is CC1(C)O[C@H]2[C@H](c3ccc4c(N)ncnn34)O[C@](C)(COC(=O)OC3CCC3)[C@H]2O1. The van der Waals surface area contributed by atoms with Gasteiger partial charge in [0.05, 0.1) is 5.69 Å². The molecule has 4 heterocycles. The van der Waals surface area contributed by atoms with Crippen molar-refractivity contribution in [1.29, 1.82) is 0 Å². The third-order valence-electron chi connectivity index (χ3n) is 6.02. The van der Waals surface area contributed by atoms with E-state index in [0.29, 0.717) is 11.3 Å². The molecular formula is C20H26N4O6. The molecule has 10 heteroatoms. The van der Waals surface area contributed by atoms with Crippen LogP contribution in [0.4, 0.5) is 10.6 Å². The largest absolute Gasteiger partial charge is 0.508 e. The normalized spacial score (nSPS) is 32.7. The van der Waals surface area contributed by atoms with Crippen molar-refractivity contribution in [2.45, 2.75) is 75.8 Å². The predicted molar refractivity (Wildman–Crippen MR) is 104 cm³/mol. The highest BCUT2D eigenvalue weighted by Crippen LogP contribution is 2.50. The number of rotatable bonds is 4. The average Bonchev–Trinajstić information content (AvgIpc) is 3.29. The number of carbonyl (C=O) groups is 1. The van der Waals surface area contributed by atoms with Crippen molar-refractivity contribution < 1.29 is 28.5 Å². The summed E-state index contributed by atoms with van der Waals surface area (Å²) < 4.78 is 31.1. The zero-order valence-corrected chi connectivity index (χ0v) is 17.2. The van der Waals surface area contributed by atoms with Crippen molar-refractivity contribution in [3.63, 3.8) is 0 Å². The number of hydrogen-bond acceptors (Lipinski definition) is 9. The van der Waals surface area contributed by atoms with Crippen LogP contribution in [-0.4, -0.2) is 57.1 Å². The molecule has 4 atom stereocenters. The highest BCUT2D eigenvalue weighted by atomic mass is 16.8. The summed E-state index contributed by atoms with van der Waals surface area (Å²) in [5, 5.41) is 4.31. The molecule has 0 bridgehead atoms. The summed E-state index contributed by atoms with van der Waals surface area (Å²) in [6.45, 7) is 5.54. The number of hydrogen-bond donors (Lipinski definition) is 1. The lowest BCUT2D eigenvalue weighted by Gasteiger charge is -2.31. The Morgan fingerprint density at radius 3 is 2.80 bits per heavy atom. The minimum absolute atomic E-state index is 0.0178. The molecule has 0 spiro atoms. The molecule has 2 aromatic heterocycles. The average molecular weight is 418 g/mol. The zero-order valence-electron chi connectivity index (χ0n) is 17.2. The number of nitrogens with two attached hydrogens (primary N) is 1. The number of anilines is 1. The molecule has 2 N–H and O–H groups in total. The summed E-state index contributed by atoms with van der Waals surface area (Å²) in [5.74, 6) is -0.425. The van der Waals surface area contributed by atoms with Crippen molar-refractivity contribution in [1.82, 2.24) is 14.6 Å². The fourth-order valence-electron chi connectivity index (χ4n) is 4.30. The van der Waals surface area contributed by atoms with Crippen molar-refractivity contribution in [2.24, 2.45) is 0 Å². The number of nitrogen functional groups attached to an aromatic ring is 1. The molecule has 0 radical (unpaired) electrons. The zero-order chi connectivity index (χ0) is 21.1. The van der Waals surface area contributed by atoms with Gasteiger partial charge in [0, 0.05) is 0 Å². The number of ether oxygens (including phenoxy) is 5. The van der Waals surface area contributed by atoms with Gasteiger partial charge in [-0.15, -0.1) is 0 Å². The third kappa shape index (κ3) is 3.19. The second-order valence-corrected chi connectivity index (χ2v) is 8.78. The number of fused-ring (bicyclic) bond motifs is 2. The van der Waals surface area contributed by atoms with Crippen molar-refractivity contribution in [3.8, 4) is 0 Å². The van der Waals surface area contributed by atoms with E-state index in [1.165, 1.54) is 6.33 Å². The summed E-state index contributed by atoms with van der Waals surface area (Å²) in [6.07, 6.45) is 2.15. The Kier molecular flexibility index (Phi) is 4.42. The van der Waals surface area contributed by atoms with Crippen LogP contribution in [0.5, 0.6) is 0 Å². The van der Waals surface area contributed by atoms with Gasteiger partial charge in [0.1, 0.15) is 48.5 Å². The van der Waals surface area contributed by atoms with E-state index in [4.69, 9.17) is 29.4 Å². The van der Waals surface area contributed by atoms with Crippen molar-refractivity contribution >= 4 is 17.5 Å². The van der Waals surface area contributed by atoms with Gasteiger partial charge >= 0.3 is 6.16 Å². The molecule has 3 fully saturated rings. The van der Waals surface area contributed by atoms with Crippen LogP contribution in [0.25, 0.3) is 5.52 Å². The number of aromatic nitrogens is 3. The van der Waals surface area contributed by atoms with E-state index in [0.717, 1.165) is 25.0 Å². The Morgan fingerprint density at radius 2 is 2.07 bits per heavy atom. The highest BCUT2D eigenvalue weighted by Gasteiger charge is 2.62. The standard InChI is InChI=1S/C20H26N4O6/c1-19(2)28-15-14(12-7-8-13-17(21)22-10-23-24(12)13)29-20(3,16(15)30-19)9-26-18(25)27-11-5-4-6-11/h7-8,10-11,14-16H,4-6,9H2,1-3H3,(H2,21,22,23)/t14-,15-,16-,20+/m0/s1. The quantitative estimate of drug-likeness (QED) is 0.746. The molecule has 0 amide bonds. The van der Waals surface area contributed by atoms with Gasteiger partial charge in [-0.05, 0) is 52.2 Å². The smallest absolute Gasteiger partial charge is 0.431 e. The minimum Gasteiger partial charge on any atom is -0.431 e. The van der Waals surface area contributed by atoms with E-state index < -0.39 is 35.9 Å². The second-order valence-electron chi connectivity index (χ2n) is 8.78. The summed E-state index contributed by atoms with van der Waals surface area (Å²) in [4.78, 5) is 16.1. The lowest BCUT2D eigenvalue weighted by Crippen LogP contribution is -2.45. The third-order valence-corrected chi connectivity index (χ3v) is 6.02. The van der Waals surface area contributed by atoms with Crippen LogP contribution in [0.3, 0.4) is 0 Å².